The maximum absolute atomic E-state index is 11.8. The molecule has 0 bridgehead atoms. The van der Waals surface area contributed by atoms with Crippen LogP contribution in [-0.4, -0.2) is 24.3 Å². The smallest absolute Gasteiger partial charge is 0.220 e. The Morgan fingerprint density at radius 1 is 1.18 bits per heavy atom. The van der Waals surface area contributed by atoms with E-state index in [4.69, 9.17) is 4.74 Å². The van der Waals surface area contributed by atoms with E-state index < -0.39 is 0 Å². The quantitative estimate of drug-likeness (QED) is 0.834. The molecule has 1 amide bonds. The highest BCUT2D eigenvalue weighted by Crippen LogP contribution is 2.27. The van der Waals surface area contributed by atoms with Gasteiger partial charge in [0.15, 0.2) is 5.78 Å². The molecule has 22 heavy (non-hydrogen) atoms. The standard InChI is InChI=1S/C17H17NO3S/c19-14(16-6-3-9-22-16)7-8-17(20)18-11-13-10-12-4-1-2-5-15(12)21-13/h1-6,9,13H,7-8,10-11H2,(H,18,20)/t13-/m1/s1. The van der Waals surface area contributed by atoms with Crippen LogP contribution in [0.1, 0.15) is 28.1 Å². The molecule has 2 heterocycles. The lowest BCUT2D eigenvalue weighted by Gasteiger charge is -2.11. The SMILES string of the molecule is O=C(CCC(=O)c1cccs1)NC[C@H]1Cc2ccccc2O1. The Bertz CT molecular complexity index is 641. The zero-order chi connectivity index (χ0) is 15.4. The molecule has 0 saturated carbocycles. The summed E-state index contributed by atoms with van der Waals surface area (Å²) in [5.74, 6) is 0.814. The minimum atomic E-state index is -0.107. The van der Waals surface area contributed by atoms with Gasteiger partial charge in [0.1, 0.15) is 11.9 Å². The van der Waals surface area contributed by atoms with Crippen molar-refractivity contribution in [3.63, 3.8) is 0 Å². The third-order valence-electron chi connectivity index (χ3n) is 3.62. The molecule has 1 aromatic carbocycles. The molecule has 0 unspecified atom stereocenters. The van der Waals surface area contributed by atoms with Gasteiger partial charge in [0.05, 0.1) is 11.4 Å². The Hall–Kier alpha value is -2.14. The van der Waals surface area contributed by atoms with Crippen LogP contribution >= 0.6 is 11.3 Å². The van der Waals surface area contributed by atoms with Crippen molar-refractivity contribution in [1.29, 1.82) is 0 Å². The molecule has 0 spiro atoms. The summed E-state index contributed by atoms with van der Waals surface area (Å²) in [4.78, 5) is 24.4. The molecule has 0 saturated heterocycles. The van der Waals surface area contributed by atoms with Crippen LogP contribution in [0.15, 0.2) is 41.8 Å². The number of ketones is 1. The van der Waals surface area contributed by atoms with E-state index in [1.807, 2.05) is 35.7 Å². The van der Waals surface area contributed by atoms with Crippen molar-refractivity contribution >= 4 is 23.0 Å². The lowest BCUT2D eigenvalue weighted by Crippen LogP contribution is -2.34. The van der Waals surface area contributed by atoms with Gasteiger partial charge in [-0.3, -0.25) is 9.59 Å². The molecule has 0 fully saturated rings. The van der Waals surface area contributed by atoms with Gasteiger partial charge in [-0.05, 0) is 23.1 Å². The first kappa shape index (κ1) is 14.8. The van der Waals surface area contributed by atoms with Gasteiger partial charge >= 0.3 is 0 Å². The van der Waals surface area contributed by atoms with Gasteiger partial charge in [0, 0.05) is 19.3 Å². The third-order valence-corrected chi connectivity index (χ3v) is 4.53. The van der Waals surface area contributed by atoms with Gasteiger partial charge in [-0.1, -0.05) is 24.3 Å². The molecule has 0 aliphatic carbocycles. The molecule has 1 aromatic heterocycles. The number of Topliss-reactive ketones (excluding diaryl/α,β-unsaturated/α-hetero) is 1. The number of thiophene rings is 1. The molecule has 1 atom stereocenters. The molecular formula is C17H17NO3S. The number of amides is 1. The summed E-state index contributed by atoms with van der Waals surface area (Å²) >= 11 is 1.41. The number of para-hydroxylation sites is 1. The predicted molar refractivity (Wildman–Crippen MR) is 85.5 cm³/mol. The van der Waals surface area contributed by atoms with Gasteiger partial charge < -0.3 is 10.1 Å². The largest absolute Gasteiger partial charge is 0.488 e. The van der Waals surface area contributed by atoms with E-state index in [2.05, 4.69) is 5.32 Å². The normalized spacial score (nSPS) is 15.9. The van der Waals surface area contributed by atoms with Gasteiger partial charge in [0.2, 0.25) is 5.91 Å². The topological polar surface area (TPSA) is 55.4 Å². The number of carbonyl (C=O) groups excluding carboxylic acids is 2. The van der Waals surface area contributed by atoms with Crippen molar-refractivity contribution in [3.8, 4) is 5.75 Å². The third kappa shape index (κ3) is 3.54. The summed E-state index contributed by atoms with van der Waals surface area (Å²) in [6.45, 7) is 0.473. The molecule has 2 aromatic rings. The molecule has 5 heteroatoms. The molecular weight excluding hydrogens is 298 g/mol. The van der Waals surface area contributed by atoms with Gasteiger partial charge in [-0.2, -0.15) is 0 Å². The number of nitrogens with one attached hydrogen (secondary N) is 1. The van der Waals surface area contributed by atoms with Gasteiger partial charge in [-0.25, -0.2) is 0 Å². The van der Waals surface area contributed by atoms with Crippen molar-refractivity contribution in [2.45, 2.75) is 25.4 Å². The summed E-state index contributed by atoms with van der Waals surface area (Å²) in [5.41, 5.74) is 1.18. The first-order valence-electron chi connectivity index (χ1n) is 7.30. The summed E-state index contributed by atoms with van der Waals surface area (Å²) in [5, 5.41) is 4.71. The fourth-order valence-corrected chi connectivity index (χ4v) is 3.17. The maximum Gasteiger partial charge on any atom is 0.220 e. The minimum absolute atomic E-state index is 0.0191. The van der Waals surface area contributed by atoms with E-state index in [9.17, 15) is 9.59 Å². The van der Waals surface area contributed by atoms with Crippen LogP contribution in [0, 0.1) is 0 Å². The first-order chi connectivity index (χ1) is 10.7. The van der Waals surface area contributed by atoms with E-state index in [1.54, 1.807) is 6.07 Å². The molecule has 1 N–H and O–H groups in total. The lowest BCUT2D eigenvalue weighted by molar-refractivity contribution is -0.121. The maximum atomic E-state index is 11.8. The first-order valence-corrected chi connectivity index (χ1v) is 8.18. The Kier molecular flexibility index (Phi) is 4.53. The minimum Gasteiger partial charge on any atom is -0.488 e. The second-order valence-corrected chi connectivity index (χ2v) is 6.20. The highest BCUT2D eigenvalue weighted by molar-refractivity contribution is 7.12. The second kappa shape index (κ2) is 6.75. The van der Waals surface area contributed by atoms with Crippen LogP contribution in [0.5, 0.6) is 5.75 Å². The highest BCUT2D eigenvalue weighted by atomic mass is 32.1. The van der Waals surface area contributed by atoms with Gasteiger partial charge in [-0.15, -0.1) is 11.3 Å². The number of benzene rings is 1. The van der Waals surface area contributed by atoms with Crippen LogP contribution in [0.4, 0.5) is 0 Å². The number of rotatable bonds is 6. The number of hydrogen-bond donors (Lipinski definition) is 1. The number of carbonyl (C=O) groups is 2. The van der Waals surface area contributed by atoms with Crippen molar-refractivity contribution in [2.24, 2.45) is 0 Å². The molecule has 0 radical (unpaired) electrons. The van der Waals surface area contributed by atoms with Crippen molar-refractivity contribution < 1.29 is 14.3 Å². The summed E-state index contributed by atoms with van der Waals surface area (Å²) in [7, 11) is 0. The molecule has 4 nitrogen and oxygen atoms in total. The number of fused-ring (bicyclic) bond motifs is 1. The Morgan fingerprint density at radius 2 is 2.05 bits per heavy atom. The fraction of sp³-hybridized carbons (Fsp3) is 0.294. The molecule has 114 valence electrons. The zero-order valence-electron chi connectivity index (χ0n) is 12.1. The average molecular weight is 315 g/mol. The Balaban J connectivity index is 1.39. The van der Waals surface area contributed by atoms with Crippen LogP contribution in [0.3, 0.4) is 0 Å². The fourth-order valence-electron chi connectivity index (χ4n) is 2.47. The van der Waals surface area contributed by atoms with Crippen LogP contribution in [0.25, 0.3) is 0 Å². The Morgan fingerprint density at radius 3 is 2.82 bits per heavy atom. The molecule has 3 rings (SSSR count). The van der Waals surface area contributed by atoms with Crippen LogP contribution in [-0.2, 0) is 11.2 Å². The van der Waals surface area contributed by atoms with E-state index in [0.717, 1.165) is 12.2 Å². The van der Waals surface area contributed by atoms with Crippen molar-refractivity contribution in [2.75, 3.05) is 6.54 Å². The summed E-state index contributed by atoms with van der Waals surface area (Å²) in [6.07, 6.45) is 1.26. The predicted octanol–water partition coefficient (Wildman–Crippen LogP) is 2.83. The molecule has 1 aliphatic rings. The van der Waals surface area contributed by atoms with E-state index in [0.29, 0.717) is 11.4 Å². The Labute approximate surface area is 133 Å². The number of hydrogen-bond acceptors (Lipinski definition) is 4. The lowest BCUT2D eigenvalue weighted by atomic mass is 10.1. The van der Waals surface area contributed by atoms with E-state index in [-0.39, 0.29) is 30.6 Å². The van der Waals surface area contributed by atoms with Crippen LogP contribution in [0.2, 0.25) is 0 Å². The number of ether oxygens (including phenoxy) is 1. The van der Waals surface area contributed by atoms with E-state index >= 15 is 0 Å². The highest BCUT2D eigenvalue weighted by Gasteiger charge is 2.22. The summed E-state index contributed by atoms with van der Waals surface area (Å²) < 4.78 is 5.76. The monoisotopic (exact) mass is 315 g/mol. The van der Waals surface area contributed by atoms with Crippen molar-refractivity contribution in [1.82, 2.24) is 5.32 Å². The molecule has 1 aliphatic heterocycles. The van der Waals surface area contributed by atoms with Crippen molar-refractivity contribution in [3.05, 3.63) is 52.2 Å². The second-order valence-electron chi connectivity index (χ2n) is 5.26. The van der Waals surface area contributed by atoms with E-state index in [1.165, 1.54) is 16.9 Å². The summed E-state index contributed by atoms with van der Waals surface area (Å²) in [6, 6.07) is 11.5. The van der Waals surface area contributed by atoms with Crippen LogP contribution < -0.4 is 10.1 Å². The average Bonchev–Trinajstić information content (AvgIpc) is 3.19. The zero-order valence-corrected chi connectivity index (χ0v) is 12.9. The van der Waals surface area contributed by atoms with Gasteiger partial charge in [0.25, 0.3) is 0 Å².